The molecule has 106 valence electrons. The smallest absolute Gasteiger partial charge is 0.254 e. The molecule has 0 aromatic heterocycles. The Kier molecular flexibility index (Phi) is 4.66. The van der Waals surface area contributed by atoms with E-state index < -0.39 is 0 Å². The summed E-state index contributed by atoms with van der Waals surface area (Å²) in [7, 11) is 2.97. The Morgan fingerprint density at radius 3 is 2.05 bits per heavy atom. The Balaban J connectivity index is 3.29. The van der Waals surface area contributed by atoms with Gasteiger partial charge in [0.1, 0.15) is 0 Å². The molecule has 0 N–H and O–H groups in total. The van der Waals surface area contributed by atoms with Crippen LogP contribution in [0.4, 0.5) is 0 Å². The molecule has 19 heavy (non-hydrogen) atoms. The number of methoxy groups -OCH3 is 2. The Labute approximate surface area is 116 Å². The first-order valence-corrected chi connectivity index (χ1v) is 6.39. The number of rotatable bonds is 5. The molecule has 0 aliphatic carbocycles. The van der Waals surface area contributed by atoms with E-state index in [1.54, 1.807) is 17.0 Å². The fraction of sp³-hybridized carbons (Fsp3) is 0.533. The third-order valence-electron chi connectivity index (χ3n) is 2.88. The van der Waals surface area contributed by atoms with Crippen LogP contribution in [-0.2, 0) is 0 Å². The van der Waals surface area contributed by atoms with Gasteiger partial charge in [-0.2, -0.15) is 0 Å². The summed E-state index contributed by atoms with van der Waals surface area (Å²) in [5.74, 6) is 0.571. The van der Waals surface area contributed by atoms with Crippen LogP contribution in [-0.4, -0.2) is 37.1 Å². The molecule has 0 aliphatic rings. The summed E-state index contributed by atoms with van der Waals surface area (Å²) in [5.41, 5.74) is 0.324. The highest BCUT2D eigenvalue weighted by Crippen LogP contribution is 2.28. The van der Waals surface area contributed by atoms with Crippen LogP contribution in [0.3, 0.4) is 0 Å². The molecular weight excluding hydrogens is 242 g/mol. The van der Waals surface area contributed by atoms with Crippen LogP contribution in [0.15, 0.2) is 18.2 Å². The van der Waals surface area contributed by atoms with Crippen LogP contribution < -0.4 is 9.47 Å². The van der Waals surface area contributed by atoms with E-state index in [2.05, 4.69) is 0 Å². The van der Waals surface area contributed by atoms with Crippen LogP contribution in [0.1, 0.15) is 39.4 Å². The molecule has 0 saturated carbocycles. The van der Waals surface area contributed by atoms with Gasteiger partial charge in [0.05, 0.1) is 15.6 Å². The van der Waals surface area contributed by atoms with Crippen LogP contribution in [0.5, 0.6) is 11.5 Å². The molecule has 0 radical (unpaired) electrons. The number of benzene rings is 1. The minimum Gasteiger partial charge on any atom is -0.493 e. The summed E-state index contributed by atoms with van der Waals surface area (Å²) < 4.78 is 18.5. The van der Waals surface area contributed by atoms with E-state index in [1.165, 1.54) is 14.2 Å². The highest BCUT2D eigenvalue weighted by molar-refractivity contribution is 5.95. The van der Waals surface area contributed by atoms with Crippen LogP contribution in [0, 0.1) is 0 Å². The predicted molar refractivity (Wildman–Crippen MR) is 76.0 cm³/mol. The van der Waals surface area contributed by atoms with Crippen molar-refractivity contribution in [2.24, 2.45) is 0 Å². The topological polar surface area (TPSA) is 38.8 Å². The zero-order valence-electron chi connectivity index (χ0n) is 13.5. The Morgan fingerprint density at radius 2 is 1.63 bits per heavy atom. The largest absolute Gasteiger partial charge is 0.493 e. The van der Waals surface area contributed by atoms with Crippen molar-refractivity contribution in [3.05, 3.63) is 23.7 Å². The molecule has 4 heteroatoms. The van der Waals surface area contributed by atoms with Gasteiger partial charge < -0.3 is 14.4 Å². The highest BCUT2D eigenvalue weighted by atomic mass is 16.5. The second-order valence-electron chi connectivity index (χ2n) is 4.87. The Morgan fingerprint density at radius 1 is 1.11 bits per heavy atom. The van der Waals surface area contributed by atoms with Gasteiger partial charge in [-0.15, -0.1) is 0 Å². The van der Waals surface area contributed by atoms with Crippen molar-refractivity contribution in [1.82, 2.24) is 4.90 Å². The molecule has 0 bridgehead atoms. The maximum absolute atomic E-state index is 12.6. The monoisotopic (exact) mass is 266 g/mol. The van der Waals surface area contributed by atoms with Crippen LogP contribution >= 0.6 is 0 Å². The third kappa shape index (κ3) is 3.40. The van der Waals surface area contributed by atoms with Gasteiger partial charge in [0.15, 0.2) is 11.5 Å². The lowest BCUT2D eigenvalue weighted by molar-refractivity contribution is 0.0643. The van der Waals surface area contributed by atoms with Crippen molar-refractivity contribution >= 4 is 5.91 Å². The molecule has 1 aromatic carbocycles. The minimum atomic E-state index is -0.166. The van der Waals surface area contributed by atoms with E-state index in [0.29, 0.717) is 11.3 Å². The first-order valence-electron chi connectivity index (χ1n) is 6.89. The number of carbonyl (C=O) groups is 1. The number of ether oxygens (including phenoxy) is 2. The second kappa shape index (κ2) is 6.45. The molecule has 4 nitrogen and oxygen atoms in total. The molecule has 1 amide bonds. The van der Waals surface area contributed by atoms with Crippen molar-refractivity contribution in [3.63, 3.8) is 0 Å². The lowest BCUT2D eigenvalue weighted by atomic mass is 10.1. The number of nitrogens with zero attached hydrogens (tertiary/aromatic N) is 1. The van der Waals surface area contributed by atoms with Gasteiger partial charge in [0.2, 0.25) is 0 Å². The maximum atomic E-state index is 12.6. The third-order valence-corrected chi connectivity index (χ3v) is 2.88. The number of carbonyl (C=O) groups excluding carboxylic acids is 1. The van der Waals surface area contributed by atoms with Crippen molar-refractivity contribution in [3.8, 4) is 11.5 Å². The van der Waals surface area contributed by atoms with E-state index in [1.807, 2.05) is 27.7 Å². The molecule has 0 aliphatic heterocycles. The summed E-state index contributed by atoms with van der Waals surface area (Å²) in [6.07, 6.45) is 0. The fourth-order valence-corrected chi connectivity index (χ4v) is 2.10. The van der Waals surface area contributed by atoms with Crippen molar-refractivity contribution in [2.45, 2.75) is 39.8 Å². The SMILES string of the molecule is [2H]c1c(C(=O)N(C(C)C)C(C)C)ccc(OC)c1OC. The van der Waals surface area contributed by atoms with Gasteiger partial charge in [0.25, 0.3) is 5.91 Å². The summed E-state index contributed by atoms with van der Waals surface area (Å²) >= 11 is 0. The lowest BCUT2D eigenvalue weighted by Crippen LogP contribution is -2.42. The Bertz CT molecular complexity index is 478. The zero-order chi connectivity index (χ0) is 15.4. The molecule has 0 spiro atoms. The summed E-state index contributed by atoms with van der Waals surface area (Å²) in [5, 5.41) is 0. The standard InChI is InChI=1S/C15H23NO3/c1-10(2)16(11(3)4)15(17)12-7-8-13(18-5)14(9-12)19-6/h7-11H,1-6H3/i9D. The van der Waals surface area contributed by atoms with Crippen LogP contribution in [0.25, 0.3) is 0 Å². The molecular formula is C15H23NO3. The van der Waals surface area contributed by atoms with Gasteiger partial charge >= 0.3 is 0 Å². The molecule has 1 aromatic rings. The predicted octanol–water partition coefficient (Wildman–Crippen LogP) is 2.96. The van der Waals surface area contributed by atoms with Crippen LogP contribution in [0.2, 0.25) is 0 Å². The van der Waals surface area contributed by atoms with Crippen molar-refractivity contribution in [2.75, 3.05) is 14.2 Å². The van der Waals surface area contributed by atoms with Crippen molar-refractivity contribution < 1.29 is 15.6 Å². The first kappa shape index (κ1) is 13.7. The summed E-state index contributed by atoms with van der Waals surface area (Å²) in [6, 6.07) is 3.46. The van der Waals surface area contributed by atoms with E-state index >= 15 is 0 Å². The molecule has 0 fully saturated rings. The highest BCUT2D eigenvalue weighted by Gasteiger charge is 2.22. The van der Waals surface area contributed by atoms with E-state index in [9.17, 15) is 4.79 Å². The minimum absolute atomic E-state index is 0.0585. The number of hydrogen-bond donors (Lipinski definition) is 0. The van der Waals surface area contributed by atoms with Gasteiger partial charge in [-0.25, -0.2) is 0 Å². The van der Waals surface area contributed by atoms with Gasteiger partial charge in [-0.05, 0) is 45.9 Å². The quantitative estimate of drug-likeness (QED) is 0.822. The molecule has 1 rings (SSSR count). The first-order chi connectivity index (χ1) is 9.34. The maximum Gasteiger partial charge on any atom is 0.254 e. The molecule has 0 saturated heterocycles. The lowest BCUT2D eigenvalue weighted by Gasteiger charge is -2.31. The van der Waals surface area contributed by atoms with E-state index in [4.69, 9.17) is 10.8 Å². The second-order valence-corrected chi connectivity index (χ2v) is 4.87. The summed E-state index contributed by atoms with van der Waals surface area (Å²) in [4.78, 5) is 14.4. The Hall–Kier alpha value is -1.71. The normalized spacial score (nSPS) is 11.5. The number of amides is 1. The number of hydrogen-bond acceptors (Lipinski definition) is 3. The van der Waals surface area contributed by atoms with E-state index in [0.717, 1.165) is 0 Å². The molecule has 0 heterocycles. The summed E-state index contributed by atoms with van der Waals surface area (Å²) in [6.45, 7) is 7.84. The van der Waals surface area contributed by atoms with Gasteiger partial charge in [0, 0.05) is 17.6 Å². The zero-order valence-corrected chi connectivity index (χ0v) is 12.5. The van der Waals surface area contributed by atoms with E-state index in [-0.39, 0.29) is 29.8 Å². The van der Waals surface area contributed by atoms with Crippen molar-refractivity contribution in [1.29, 1.82) is 0 Å². The average Bonchev–Trinajstić information content (AvgIpc) is 2.36. The van der Waals surface area contributed by atoms with Gasteiger partial charge in [-0.3, -0.25) is 4.79 Å². The molecule has 0 atom stereocenters. The van der Waals surface area contributed by atoms with Gasteiger partial charge in [-0.1, -0.05) is 0 Å². The average molecular weight is 266 g/mol. The fourth-order valence-electron chi connectivity index (χ4n) is 2.10. The molecule has 0 unspecified atom stereocenters.